The molecule has 2 unspecified atom stereocenters. The molecule has 1 N–H and O–H groups in total. The van der Waals surface area contributed by atoms with Crippen LogP contribution in [-0.4, -0.2) is 20.1 Å². The van der Waals surface area contributed by atoms with Gasteiger partial charge in [-0.2, -0.15) is 0 Å². The Balaban J connectivity index is 2.11. The van der Waals surface area contributed by atoms with Crippen LogP contribution < -0.4 is 10.2 Å². The molecule has 0 bridgehead atoms. The quantitative estimate of drug-likeness (QED) is 0.880. The Morgan fingerprint density at radius 2 is 2.11 bits per heavy atom. The Bertz CT molecular complexity index is 403. The molecule has 3 heteroatoms. The van der Waals surface area contributed by atoms with Crippen molar-refractivity contribution in [1.29, 1.82) is 0 Å². The number of benzene rings is 1. The highest BCUT2D eigenvalue weighted by molar-refractivity contribution is 9.10. The standard InChI is InChI=1S/C15H23BrN2/c1-4-11-5-7-13(9-11)17-14-10-12(16)6-8-15(14)18(2)3/h6,8,10-11,13,17H,4-5,7,9H2,1-3H3. The summed E-state index contributed by atoms with van der Waals surface area (Å²) in [5.41, 5.74) is 2.51. The van der Waals surface area contributed by atoms with Gasteiger partial charge in [-0.15, -0.1) is 0 Å². The molecule has 0 radical (unpaired) electrons. The van der Waals surface area contributed by atoms with Gasteiger partial charge in [0.25, 0.3) is 0 Å². The van der Waals surface area contributed by atoms with Gasteiger partial charge in [-0.25, -0.2) is 0 Å². The van der Waals surface area contributed by atoms with E-state index in [1.807, 2.05) is 0 Å². The van der Waals surface area contributed by atoms with E-state index in [1.54, 1.807) is 0 Å². The van der Waals surface area contributed by atoms with Crippen molar-refractivity contribution in [2.75, 3.05) is 24.3 Å². The predicted molar refractivity (Wildman–Crippen MR) is 83.5 cm³/mol. The lowest BCUT2D eigenvalue weighted by Gasteiger charge is -2.22. The van der Waals surface area contributed by atoms with E-state index in [2.05, 4.69) is 65.4 Å². The van der Waals surface area contributed by atoms with Gasteiger partial charge in [0.1, 0.15) is 0 Å². The second-order valence-corrected chi connectivity index (χ2v) is 6.40. The first-order valence-electron chi connectivity index (χ1n) is 6.83. The second-order valence-electron chi connectivity index (χ2n) is 5.48. The molecule has 2 atom stereocenters. The minimum absolute atomic E-state index is 0.642. The summed E-state index contributed by atoms with van der Waals surface area (Å²) >= 11 is 3.56. The molecule has 1 aromatic rings. The van der Waals surface area contributed by atoms with Gasteiger partial charge < -0.3 is 10.2 Å². The van der Waals surface area contributed by atoms with Gasteiger partial charge in [0, 0.05) is 24.6 Å². The number of halogens is 1. The van der Waals surface area contributed by atoms with Crippen LogP contribution in [0.5, 0.6) is 0 Å². The monoisotopic (exact) mass is 310 g/mol. The van der Waals surface area contributed by atoms with Crippen molar-refractivity contribution in [3.05, 3.63) is 22.7 Å². The highest BCUT2D eigenvalue weighted by Gasteiger charge is 2.23. The van der Waals surface area contributed by atoms with E-state index in [9.17, 15) is 0 Å². The molecule has 0 heterocycles. The maximum Gasteiger partial charge on any atom is 0.0597 e. The average molecular weight is 311 g/mol. The van der Waals surface area contributed by atoms with Gasteiger partial charge >= 0.3 is 0 Å². The Morgan fingerprint density at radius 1 is 1.33 bits per heavy atom. The van der Waals surface area contributed by atoms with Crippen molar-refractivity contribution >= 4 is 27.3 Å². The van der Waals surface area contributed by atoms with Crippen LogP contribution in [0.4, 0.5) is 11.4 Å². The molecular formula is C15H23BrN2. The van der Waals surface area contributed by atoms with Gasteiger partial charge in [-0.1, -0.05) is 29.3 Å². The smallest absolute Gasteiger partial charge is 0.0597 e. The fourth-order valence-corrected chi connectivity index (χ4v) is 3.17. The molecule has 0 amide bonds. The molecule has 0 spiro atoms. The molecule has 1 fully saturated rings. The van der Waals surface area contributed by atoms with Crippen molar-refractivity contribution in [1.82, 2.24) is 0 Å². The van der Waals surface area contributed by atoms with Crippen LogP contribution in [0.25, 0.3) is 0 Å². The van der Waals surface area contributed by atoms with E-state index < -0.39 is 0 Å². The van der Waals surface area contributed by atoms with Crippen LogP contribution in [0.2, 0.25) is 0 Å². The summed E-state index contributed by atoms with van der Waals surface area (Å²) in [5.74, 6) is 0.914. The number of hydrogen-bond acceptors (Lipinski definition) is 2. The number of rotatable bonds is 4. The molecular weight excluding hydrogens is 288 g/mol. The van der Waals surface area contributed by atoms with Crippen molar-refractivity contribution in [2.45, 2.75) is 38.6 Å². The second kappa shape index (κ2) is 5.96. The minimum Gasteiger partial charge on any atom is -0.381 e. The summed E-state index contributed by atoms with van der Waals surface area (Å²) in [6.45, 7) is 2.30. The van der Waals surface area contributed by atoms with Crippen LogP contribution in [0.1, 0.15) is 32.6 Å². The third kappa shape index (κ3) is 3.19. The van der Waals surface area contributed by atoms with E-state index in [1.165, 1.54) is 37.1 Å². The fraction of sp³-hybridized carbons (Fsp3) is 0.600. The predicted octanol–water partition coefficient (Wildman–Crippen LogP) is 4.51. The first-order chi connectivity index (χ1) is 8.60. The van der Waals surface area contributed by atoms with Crippen LogP contribution in [0, 0.1) is 5.92 Å². The molecule has 100 valence electrons. The number of hydrogen-bond donors (Lipinski definition) is 1. The van der Waals surface area contributed by atoms with Gasteiger partial charge in [-0.3, -0.25) is 0 Å². The molecule has 1 aliphatic carbocycles. The number of anilines is 2. The molecule has 0 aromatic heterocycles. The van der Waals surface area contributed by atoms with Crippen molar-refractivity contribution in [3.8, 4) is 0 Å². The molecule has 0 aliphatic heterocycles. The molecule has 2 rings (SSSR count). The molecule has 18 heavy (non-hydrogen) atoms. The zero-order valence-electron chi connectivity index (χ0n) is 11.5. The Morgan fingerprint density at radius 3 is 2.72 bits per heavy atom. The van der Waals surface area contributed by atoms with E-state index in [4.69, 9.17) is 0 Å². The third-order valence-electron chi connectivity index (χ3n) is 3.92. The van der Waals surface area contributed by atoms with Crippen LogP contribution in [0.3, 0.4) is 0 Å². The third-order valence-corrected chi connectivity index (χ3v) is 4.41. The summed E-state index contributed by atoms with van der Waals surface area (Å²) in [5, 5.41) is 3.72. The highest BCUT2D eigenvalue weighted by Crippen LogP contribution is 2.34. The van der Waals surface area contributed by atoms with Gasteiger partial charge in [-0.05, 0) is 43.4 Å². The van der Waals surface area contributed by atoms with Crippen molar-refractivity contribution < 1.29 is 0 Å². The first kappa shape index (κ1) is 13.7. The molecule has 1 aliphatic rings. The lowest BCUT2D eigenvalue weighted by atomic mass is 10.1. The van der Waals surface area contributed by atoms with E-state index in [0.29, 0.717) is 6.04 Å². The summed E-state index contributed by atoms with van der Waals surface area (Å²) in [6, 6.07) is 7.10. The van der Waals surface area contributed by atoms with Gasteiger partial charge in [0.2, 0.25) is 0 Å². The highest BCUT2D eigenvalue weighted by atomic mass is 79.9. The Labute approximate surface area is 119 Å². The zero-order valence-corrected chi connectivity index (χ0v) is 13.1. The molecule has 1 aromatic carbocycles. The number of nitrogens with one attached hydrogen (secondary N) is 1. The van der Waals surface area contributed by atoms with E-state index in [-0.39, 0.29) is 0 Å². The largest absolute Gasteiger partial charge is 0.381 e. The van der Waals surface area contributed by atoms with Crippen molar-refractivity contribution in [2.24, 2.45) is 5.92 Å². The van der Waals surface area contributed by atoms with Crippen LogP contribution in [0.15, 0.2) is 22.7 Å². The average Bonchev–Trinajstić information content (AvgIpc) is 2.76. The van der Waals surface area contributed by atoms with Crippen LogP contribution in [-0.2, 0) is 0 Å². The van der Waals surface area contributed by atoms with Crippen LogP contribution >= 0.6 is 15.9 Å². The van der Waals surface area contributed by atoms with Gasteiger partial charge in [0.15, 0.2) is 0 Å². The SMILES string of the molecule is CCC1CCC(Nc2cc(Br)ccc2N(C)C)C1. The lowest BCUT2D eigenvalue weighted by molar-refractivity contribution is 0.525. The summed E-state index contributed by atoms with van der Waals surface area (Å²) in [7, 11) is 4.19. The summed E-state index contributed by atoms with van der Waals surface area (Å²) < 4.78 is 1.14. The summed E-state index contributed by atoms with van der Waals surface area (Å²) in [6.07, 6.45) is 5.31. The van der Waals surface area contributed by atoms with Crippen molar-refractivity contribution in [3.63, 3.8) is 0 Å². The maximum absolute atomic E-state index is 3.72. The van der Waals surface area contributed by atoms with Gasteiger partial charge in [0.05, 0.1) is 11.4 Å². The normalized spacial score (nSPS) is 23.1. The fourth-order valence-electron chi connectivity index (χ4n) is 2.81. The minimum atomic E-state index is 0.642. The van der Waals surface area contributed by atoms with E-state index in [0.717, 1.165) is 10.4 Å². The lowest BCUT2D eigenvalue weighted by Crippen LogP contribution is -2.19. The topological polar surface area (TPSA) is 15.3 Å². The summed E-state index contributed by atoms with van der Waals surface area (Å²) in [4.78, 5) is 2.17. The first-order valence-corrected chi connectivity index (χ1v) is 7.63. The molecule has 2 nitrogen and oxygen atoms in total. The zero-order chi connectivity index (χ0) is 13.1. The maximum atomic E-state index is 3.72. The van der Waals surface area contributed by atoms with E-state index >= 15 is 0 Å². The Hall–Kier alpha value is -0.700. The molecule has 0 saturated heterocycles. The number of nitrogens with zero attached hydrogens (tertiary/aromatic N) is 1. The molecule has 1 saturated carbocycles. The Kier molecular flexibility index (Phi) is 4.55.